The van der Waals surface area contributed by atoms with Crippen molar-refractivity contribution in [2.75, 3.05) is 26.2 Å². The Morgan fingerprint density at radius 3 is 2.75 bits per heavy atom. The van der Waals surface area contributed by atoms with Crippen molar-refractivity contribution in [1.29, 1.82) is 0 Å². The number of hydrogen-bond donors (Lipinski definition) is 1. The first-order valence-electron chi connectivity index (χ1n) is 8.53. The maximum Gasteiger partial charge on any atom is 0.311 e. The smallest absolute Gasteiger partial charge is 0.311 e. The topological polar surface area (TPSA) is 86.9 Å². The van der Waals surface area contributed by atoms with Crippen molar-refractivity contribution in [2.24, 2.45) is 11.3 Å². The fourth-order valence-corrected chi connectivity index (χ4v) is 4.03. The maximum atomic E-state index is 12.7. The van der Waals surface area contributed by atoms with Crippen molar-refractivity contribution in [1.82, 2.24) is 15.0 Å². The lowest BCUT2D eigenvalue weighted by Crippen LogP contribution is -2.42. The summed E-state index contributed by atoms with van der Waals surface area (Å²) < 4.78 is 5.00. The SMILES string of the molecule is Cc1cc(C(=O)N2CCC[C@]3(C(=O)O)CN(C(C)C)C[C@@H]3C2)no1. The number of nitrogens with zero attached hydrogens (tertiary/aromatic N) is 3. The number of fused-ring (bicyclic) bond motifs is 1. The fraction of sp³-hybridized carbons (Fsp3) is 0.706. The van der Waals surface area contributed by atoms with Crippen LogP contribution in [-0.4, -0.2) is 64.2 Å². The van der Waals surface area contributed by atoms with E-state index in [9.17, 15) is 14.7 Å². The Hall–Kier alpha value is -1.89. The largest absolute Gasteiger partial charge is 0.481 e. The normalized spacial score (nSPS) is 28.0. The number of hydrogen-bond acceptors (Lipinski definition) is 5. The van der Waals surface area contributed by atoms with Crippen molar-refractivity contribution in [3.05, 3.63) is 17.5 Å². The Labute approximate surface area is 141 Å². The van der Waals surface area contributed by atoms with Gasteiger partial charge in [0.1, 0.15) is 5.76 Å². The lowest BCUT2D eigenvalue weighted by atomic mass is 9.75. The summed E-state index contributed by atoms with van der Waals surface area (Å²) in [7, 11) is 0. The van der Waals surface area contributed by atoms with Crippen molar-refractivity contribution < 1.29 is 19.2 Å². The molecule has 2 saturated heterocycles. The van der Waals surface area contributed by atoms with E-state index in [2.05, 4.69) is 23.9 Å². The van der Waals surface area contributed by atoms with Crippen LogP contribution in [0, 0.1) is 18.3 Å². The van der Waals surface area contributed by atoms with E-state index in [0.29, 0.717) is 56.5 Å². The second-order valence-corrected chi connectivity index (χ2v) is 7.36. The first kappa shape index (κ1) is 17.0. The molecule has 7 nitrogen and oxygen atoms in total. The van der Waals surface area contributed by atoms with Crippen LogP contribution in [0.1, 0.15) is 42.9 Å². The number of aryl methyl sites for hydroxylation is 1. The summed E-state index contributed by atoms with van der Waals surface area (Å²) in [4.78, 5) is 28.7. The first-order chi connectivity index (χ1) is 11.3. The lowest BCUT2D eigenvalue weighted by Gasteiger charge is -2.29. The van der Waals surface area contributed by atoms with Crippen molar-refractivity contribution in [3.8, 4) is 0 Å². The quantitative estimate of drug-likeness (QED) is 0.903. The highest BCUT2D eigenvalue weighted by molar-refractivity contribution is 5.92. The van der Waals surface area contributed by atoms with Gasteiger partial charge in [0, 0.05) is 44.2 Å². The molecule has 2 aliphatic heterocycles. The number of amides is 1. The first-order valence-corrected chi connectivity index (χ1v) is 8.53. The molecule has 1 N–H and O–H groups in total. The van der Waals surface area contributed by atoms with E-state index in [-0.39, 0.29) is 11.8 Å². The number of rotatable bonds is 3. The highest BCUT2D eigenvalue weighted by Crippen LogP contribution is 2.43. The van der Waals surface area contributed by atoms with Crippen molar-refractivity contribution in [2.45, 2.75) is 39.7 Å². The summed E-state index contributed by atoms with van der Waals surface area (Å²) in [6.07, 6.45) is 1.30. The number of carbonyl (C=O) groups is 2. The van der Waals surface area contributed by atoms with E-state index in [1.807, 2.05) is 0 Å². The monoisotopic (exact) mass is 335 g/mol. The van der Waals surface area contributed by atoms with Gasteiger partial charge in [0.05, 0.1) is 5.41 Å². The molecule has 0 radical (unpaired) electrons. The third kappa shape index (κ3) is 2.81. The van der Waals surface area contributed by atoms with E-state index in [1.54, 1.807) is 17.9 Å². The molecule has 1 amide bonds. The van der Waals surface area contributed by atoms with Crippen LogP contribution in [0.5, 0.6) is 0 Å². The minimum atomic E-state index is -0.751. The highest BCUT2D eigenvalue weighted by atomic mass is 16.5. The third-order valence-corrected chi connectivity index (χ3v) is 5.50. The molecule has 0 aromatic carbocycles. The molecule has 0 spiro atoms. The van der Waals surface area contributed by atoms with Gasteiger partial charge in [-0.3, -0.25) is 14.5 Å². The van der Waals surface area contributed by atoms with Crippen molar-refractivity contribution >= 4 is 11.9 Å². The average Bonchev–Trinajstić information content (AvgIpc) is 3.06. The van der Waals surface area contributed by atoms with Gasteiger partial charge in [0.25, 0.3) is 5.91 Å². The summed E-state index contributed by atoms with van der Waals surface area (Å²) in [5, 5.41) is 13.7. The molecule has 0 unspecified atom stereocenters. The summed E-state index contributed by atoms with van der Waals surface area (Å²) in [6.45, 7) is 8.22. The van der Waals surface area contributed by atoms with Crippen LogP contribution in [0.4, 0.5) is 0 Å². The molecular weight excluding hydrogens is 310 g/mol. The van der Waals surface area contributed by atoms with Gasteiger partial charge in [-0.25, -0.2) is 0 Å². The van der Waals surface area contributed by atoms with Crippen LogP contribution in [0.25, 0.3) is 0 Å². The number of likely N-dealkylation sites (tertiary alicyclic amines) is 2. The Morgan fingerprint density at radius 1 is 1.42 bits per heavy atom. The van der Waals surface area contributed by atoms with E-state index in [4.69, 9.17) is 4.52 Å². The molecule has 132 valence electrons. The summed E-state index contributed by atoms with van der Waals surface area (Å²) in [6, 6.07) is 1.93. The molecule has 2 atom stereocenters. The zero-order valence-electron chi connectivity index (χ0n) is 14.5. The van der Waals surface area contributed by atoms with Gasteiger partial charge >= 0.3 is 5.97 Å². The molecule has 24 heavy (non-hydrogen) atoms. The van der Waals surface area contributed by atoms with Gasteiger partial charge in [-0.1, -0.05) is 5.16 Å². The van der Waals surface area contributed by atoms with Crippen LogP contribution >= 0.6 is 0 Å². The number of carbonyl (C=O) groups excluding carboxylic acids is 1. The van der Waals surface area contributed by atoms with Crippen LogP contribution < -0.4 is 0 Å². The van der Waals surface area contributed by atoms with Gasteiger partial charge in [0.2, 0.25) is 0 Å². The Morgan fingerprint density at radius 2 is 2.17 bits per heavy atom. The maximum absolute atomic E-state index is 12.7. The Kier molecular flexibility index (Phi) is 4.38. The molecule has 0 bridgehead atoms. The van der Waals surface area contributed by atoms with E-state index >= 15 is 0 Å². The van der Waals surface area contributed by atoms with Crippen molar-refractivity contribution in [3.63, 3.8) is 0 Å². The molecule has 1 aromatic rings. The average molecular weight is 335 g/mol. The van der Waals surface area contributed by atoms with Gasteiger partial charge < -0.3 is 14.5 Å². The summed E-state index contributed by atoms with van der Waals surface area (Å²) in [5.41, 5.74) is -0.451. The van der Waals surface area contributed by atoms with Crippen LogP contribution in [-0.2, 0) is 4.79 Å². The molecule has 0 aliphatic carbocycles. The zero-order chi connectivity index (χ0) is 17.5. The van der Waals surface area contributed by atoms with Gasteiger partial charge in [-0.15, -0.1) is 0 Å². The van der Waals surface area contributed by atoms with Crippen LogP contribution in [0.2, 0.25) is 0 Å². The van der Waals surface area contributed by atoms with Gasteiger partial charge in [-0.2, -0.15) is 0 Å². The number of aliphatic carboxylic acids is 1. The molecule has 3 heterocycles. The van der Waals surface area contributed by atoms with E-state index in [1.165, 1.54) is 0 Å². The summed E-state index contributed by atoms with van der Waals surface area (Å²) >= 11 is 0. The van der Waals surface area contributed by atoms with E-state index < -0.39 is 11.4 Å². The number of carboxylic acid groups (broad SMARTS) is 1. The number of carboxylic acids is 1. The molecule has 2 fully saturated rings. The molecule has 3 rings (SSSR count). The second-order valence-electron chi connectivity index (χ2n) is 7.36. The molecule has 1 aromatic heterocycles. The molecule has 7 heteroatoms. The third-order valence-electron chi connectivity index (χ3n) is 5.50. The second kappa shape index (κ2) is 6.20. The standard InChI is InChI=1S/C17H25N3O4/c1-11(2)20-9-13-8-19(15(21)14-7-12(3)24-18-14)6-4-5-17(13,10-20)16(22)23/h7,11,13H,4-6,8-10H2,1-3H3,(H,22,23)/t13-,17-/m0/s1. The molecule has 2 aliphatic rings. The lowest BCUT2D eigenvalue weighted by molar-refractivity contribution is -0.151. The minimum Gasteiger partial charge on any atom is -0.481 e. The highest BCUT2D eigenvalue weighted by Gasteiger charge is 2.54. The molecule has 0 saturated carbocycles. The zero-order valence-corrected chi connectivity index (χ0v) is 14.5. The molecular formula is C17H25N3O4. The number of aromatic nitrogens is 1. The summed E-state index contributed by atoms with van der Waals surface area (Å²) in [5.74, 6) is -0.366. The van der Waals surface area contributed by atoms with Crippen LogP contribution in [0.15, 0.2) is 10.6 Å². The van der Waals surface area contributed by atoms with Crippen LogP contribution in [0.3, 0.4) is 0 Å². The fourth-order valence-electron chi connectivity index (χ4n) is 4.03. The Balaban J connectivity index is 1.83. The van der Waals surface area contributed by atoms with Gasteiger partial charge in [0.15, 0.2) is 5.69 Å². The van der Waals surface area contributed by atoms with Gasteiger partial charge in [-0.05, 0) is 33.6 Å². The predicted octanol–water partition coefficient (Wildman–Crippen LogP) is 1.63. The minimum absolute atomic E-state index is 0.0585. The Bertz CT molecular complexity index is 642. The predicted molar refractivity (Wildman–Crippen MR) is 86.6 cm³/mol. The van der Waals surface area contributed by atoms with E-state index in [0.717, 1.165) is 0 Å².